The summed E-state index contributed by atoms with van der Waals surface area (Å²) < 4.78 is 6.34. The van der Waals surface area contributed by atoms with Crippen LogP contribution in [0.25, 0.3) is 0 Å². The van der Waals surface area contributed by atoms with Crippen LogP contribution in [0.1, 0.15) is 48.9 Å². The van der Waals surface area contributed by atoms with E-state index in [2.05, 4.69) is 57.4 Å². The summed E-state index contributed by atoms with van der Waals surface area (Å²) in [4.78, 5) is 37.9. The summed E-state index contributed by atoms with van der Waals surface area (Å²) in [6.07, 6.45) is 1.85. The van der Waals surface area contributed by atoms with E-state index in [0.717, 1.165) is 55.8 Å². The van der Waals surface area contributed by atoms with Gasteiger partial charge in [0.1, 0.15) is 24.1 Å². The summed E-state index contributed by atoms with van der Waals surface area (Å²) in [6, 6.07) is 12.6. The number of nitrogens with zero attached hydrogens (tertiary/aromatic N) is 6. The van der Waals surface area contributed by atoms with Gasteiger partial charge in [0.2, 0.25) is 11.8 Å². The number of amides is 2. The van der Waals surface area contributed by atoms with Crippen LogP contribution in [0.5, 0.6) is 5.88 Å². The number of ether oxygens (including phenoxy) is 1. The second-order valence-electron chi connectivity index (χ2n) is 12.1. The van der Waals surface area contributed by atoms with Gasteiger partial charge in [-0.05, 0) is 50.9 Å². The van der Waals surface area contributed by atoms with E-state index >= 15 is 0 Å². The fourth-order valence-corrected chi connectivity index (χ4v) is 6.43. The molecule has 1 aromatic heterocycles. The van der Waals surface area contributed by atoms with Crippen molar-refractivity contribution in [2.75, 3.05) is 57.8 Å². The SMILES string of the molecule is C[C@H](NC(=O)O)[C@@H](C)C(=O)N1CCN(c2nc(OC[C@@H]3CCCN3C)c(C#N)c3c2CCN(Cc2ccccc2)C3)CC1. The molecular weight excluding hydrogens is 546 g/mol. The Morgan fingerprint density at radius 1 is 1.12 bits per heavy atom. The lowest BCUT2D eigenvalue weighted by molar-refractivity contribution is -0.136. The molecule has 0 aliphatic carbocycles. The topological polar surface area (TPSA) is 125 Å². The first-order valence-corrected chi connectivity index (χ1v) is 15.3. The number of pyridine rings is 1. The number of hydrogen-bond acceptors (Lipinski definition) is 8. The summed E-state index contributed by atoms with van der Waals surface area (Å²) in [5.74, 6) is 0.729. The molecule has 11 heteroatoms. The number of piperazine rings is 1. The molecular formula is C32H43N7O4. The number of carboxylic acid groups (broad SMARTS) is 1. The zero-order valence-corrected chi connectivity index (χ0v) is 25.5. The van der Waals surface area contributed by atoms with Crippen LogP contribution in [-0.2, 0) is 24.3 Å². The van der Waals surface area contributed by atoms with Gasteiger partial charge in [-0.3, -0.25) is 9.69 Å². The van der Waals surface area contributed by atoms with Crippen molar-refractivity contribution in [1.82, 2.24) is 25.0 Å². The van der Waals surface area contributed by atoms with Crippen molar-refractivity contribution in [1.29, 1.82) is 5.26 Å². The van der Waals surface area contributed by atoms with Crippen LogP contribution in [0.2, 0.25) is 0 Å². The highest BCUT2D eigenvalue weighted by atomic mass is 16.5. The molecule has 11 nitrogen and oxygen atoms in total. The lowest BCUT2D eigenvalue weighted by Gasteiger charge is -2.39. The van der Waals surface area contributed by atoms with Crippen LogP contribution in [0.3, 0.4) is 0 Å². The Kier molecular flexibility index (Phi) is 9.68. The van der Waals surface area contributed by atoms with Gasteiger partial charge in [0, 0.05) is 63.5 Å². The maximum atomic E-state index is 13.2. The molecule has 0 saturated carbocycles. The van der Waals surface area contributed by atoms with E-state index < -0.39 is 18.1 Å². The second kappa shape index (κ2) is 13.6. The second-order valence-corrected chi connectivity index (χ2v) is 12.1. The number of benzene rings is 1. The van der Waals surface area contributed by atoms with Crippen LogP contribution in [-0.4, -0.2) is 102 Å². The molecule has 0 bridgehead atoms. The van der Waals surface area contributed by atoms with Crippen LogP contribution in [0.4, 0.5) is 10.6 Å². The number of aromatic nitrogens is 1. The summed E-state index contributed by atoms with van der Waals surface area (Å²) in [6.45, 7) is 9.56. The van der Waals surface area contributed by atoms with E-state index in [1.165, 1.54) is 5.56 Å². The average Bonchev–Trinajstić information content (AvgIpc) is 3.43. The maximum absolute atomic E-state index is 13.2. The predicted molar refractivity (Wildman–Crippen MR) is 163 cm³/mol. The number of hydrogen-bond donors (Lipinski definition) is 2. The van der Waals surface area contributed by atoms with E-state index in [9.17, 15) is 14.9 Å². The Bertz CT molecular complexity index is 1340. The van der Waals surface area contributed by atoms with Crippen LogP contribution < -0.4 is 15.0 Å². The van der Waals surface area contributed by atoms with Crippen molar-refractivity contribution in [2.45, 2.75) is 58.3 Å². The Labute approximate surface area is 254 Å². The van der Waals surface area contributed by atoms with E-state index in [-0.39, 0.29) is 5.91 Å². The van der Waals surface area contributed by atoms with Crippen LogP contribution in [0.15, 0.2) is 30.3 Å². The molecule has 3 aliphatic rings. The van der Waals surface area contributed by atoms with Crippen molar-refractivity contribution in [2.24, 2.45) is 5.92 Å². The Balaban J connectivity index is 1.37. The number of nitriles is 1. The molecule has 2 N–H and O–H groups in total. The van der Waals surface area contributed by atoms with Crippen LogP contribution >= 0.6 is 0 Å². The number of likely N-dealkylation sites (tertiary alicyclic amines) is 1. The molecule has 2 fully saturated rings. The molecule has 3 aliphatic heterocycles. The Hall–Kier alpha value is -3.88. The lowest BCUT2D eigenvalue weighted by Crippen LogP contribution is -2.53. The fraction of sp³-hybridized carbons (Fsp3) is 0.562. The van der Waals surface area contributed by atoms with E-state index in [1.807, 2.05) is 11.0 Å². The highest BCUT2D eigenvalue weighted by Crippen LogP contribution is 2.36. The minimum Gasteiger partial charge on any atom is -0.475 e. The van der Waals surface area contributed by atoms with E-state index in [4.69, 9.17) is 14.8 Å². The van der Waals surface area contributed by atoms with Gasteiger partial charge in [-0.15, -0.1) is 0 Å². The zero-order chi connectivity index (χ0) is 30.5. The van der Waals surface area contributed by atoms with Crippen molar-refractivity contribution >= 4 is 17.8 Å². The van der Waals surface area contributed by atoms with Gasteiger partial charge in [0.25, 0.3) is 0 Å². The smallest absolute Gasteiger partial charge is 0.404 e. The number of carbonyl (C=O) groups is 2. The quantitative estimate of drug-likeness (QED) is 0.454. The van der Waals surface area contributed by atoms with Crippen molar-refractivity contribution in [3.05, 3.63) is 52.6 Å². The molecule has 2 saturated heterocycles. The van der Waals surface area contributed by atoms with Crippen molar-refractivity contribution in [3.8, 4) is 11.9 Å². The highest BCUT2D eigenvalue weighted by molar-refractivity contribution is 5.80. The molecule has 1 aromatic carbocycles. The van der Waals surface area contributed by atoms with Gasteiger partial charge in [-0.25, -0.2) is 4.79 Å². The Morgan fingerprint density at radius 2 is 1.86 bits per heavy atom. The van der Waals surface area contributed by atoms with Crippen molar-refractivity contribution < 1.29 is 19.4 Å². The molecule has 3 atom stereocenters. The van der Waals surface area contributed by atoms with Gasteiger partial charge in [0.15, 0.2) is 0 Å². The van der Waals surface area contributed by atoms with Crippen LogP contribution in [0, 0.1) is 17.2 Å². The summed E-state index contributed by atoms with van der Waals surface area (Å²) >= 11 is 0. The number of nitrogens with one attached hydrogen (secondary N) is 1. The molecule has 2 aromatic rings. The van der Waals surface area contributed by atoms with E-state index in [0.29, 0.717) is 56.8 Å². The highest BCUT2D eigenvalue weighted by Gasteiger charge is 2.33. The lowest BCUT2D eigenvalue weighted by atomic mass is 9.95. The fourth-order valence-electron chi connectivity index (χ4n) is 6.43. The molecule has 0 radical (unpaired) electrons. The molecule has 230 valence electrons. The van der Waals surface area contributed by atoms with Gasteiger partial charge in [-0.1, -0.05) is 37.3 Å². The molecule has 0 unspecified atom stereocenters. The van der Waals surface area contributed by atoms with Gasteiger partial charge in [0.05, 0.1) is 5.92 Å². The zero-order valence-electron chi connectivity index (χ0n) is 25.5. The first-order chi connectivity index (χ1) is 20.7. The monoisotopic (exact) mass is 589 g/mol. The molecule has 0 spiro atoms. The Morgan fingerprint density at radius 3 is 2.51 bits per heavy atom. The molecule has 43 heavy (non-hydrogen) atoms. The summed E-state index contributed by atoms with van der Waals surface area (Å²) in [5, 5.41) is 21.8. The summed E-state index contributed by atoms with van der Waals surface area (Å²) in [7, 11) is 2.11. The normalized spacial score (nSPS) is 20.7. The number of fused-ring (bicyclic) bond motifs is 1. The number of carbonyl (C=O) groups excluding carboxylic acids is 1. The first kappa shape index (κ1) is 30.6. The average molecular weight is 590 g/mol. The molecule has 5 rings (SSSR count). The minimum absolute atomic E-state index is 0.0584. The molecule has 4 heterocycles. The van der Waals surface area contributed by atoms with Gasteiger partial charge >= 0.3 is 6.09 Å². The standard InChI is InChI=1S/C32H43N7O4/c1-22(23(2)34-32(41)42)31(40)39-16-14-38(15-17-39)29-26-11-13-37(19-24-8-5-4-6-9-24)20-28(26)27(18-33)30(35-29)43-21-25-10-7-12-36(25)3/h4-6,8-9,22-23,25,34H,7,10-17,19-21H2,1-3H3,(H,41,42)/t22-,23+,25+/m1/s1. The number of likely N-dealkylation sites (N-methyl/N-ethyl adjacent to an activating group) is 1. The predicted octanol–water partition coefficient (Wildman–Crippen LogP) is 2.93. The third-order valence-corrected chi connectivity index (χ3v) is 9.24. The minimum atomic E-state index is -1.13. The number of anilines is 1. The largest absolute Gasteiger partial charge is 0.475 e. The van der Waals surface area contributed by atoms with Gasteiger partial charge in [-0.2, -0.15) is 10.2 Å². The third-order valence-electron chi connectivity index (χ3n) is 9.24. The third kappa shape index (κ3) is 7.03. The first-order valence-electron chi connectivity index (χ1n) is 15.3. The molecule has 2 amide bonds. The van der Waals surface area contributed by atoms with Gasteiger partial charge < -0.3 is 29.9 Å². The van der Waals surface area contributed by atoms with E-state index in [1.54, 1.807) is 13.8 Å². The van der Waals surface area contributed by atoms with Crippen molar-refractivity contribution in [3.63, 3.8) is 0 Å². The summed E-state index contributed by atoms with van der Waals surface area (Å²) in [5.41, 5.74) is 3.85. The maximum Gasteiger partial charge on any atom is 0.404 e. The number of rotatable bonds is 9.